The molecule has 2 N–H and O–H groups in total. The van der Waals surface area contributed by atoms with E-state index >= 15 is 0 Å². The molecule has 1 fully saturated rings. The number of thiazole rings is 1. The molecular weight excluding hydrogens is 415 g/mol. The number of nitrogens with zero attached hydrogens (tertiary/aromatic N) is 5. The number of benzene rings is 1. The second-order valence-electron chi connectivity index (χ2n) is 7.34. The van der Waals surface area contributed by atoms with Crippen LogP contribution in [-0.2, 0) is 6.42 Å². The summed E-state index contributed by atoms with van der Waals surface area (Å²) in [5, 5.41) is 10.1. The lowest BCUT2D eigenvalue weighted by atomic mass is 10.1. The van der Waals surface area contributed by atoms with Crippen LogP contribution in [0.15, 0.2) is 36.5 Å². The number of pyridine rings is 1. The van der Waals surface area contributed by atoms with Crippen LogP contribution < -0.4 is 15.5 Å². The molecule has 0 saturated carbocycles. The molecule has 0 radical (unpaired) electrons. The minimum Gasteiger partial charge on any atom is -0.398 e. The van der Waals surface area contributed by atoms with Crippen LogP contribution in [0.1, 0.15) is 31.5 Å². The highest BCUT2D eigenvalue weighted by molar-refractivity contribution is 7.17. The van der Waals surface area contributed by atoms with E-state index in [4.69, 9.17) is 9.85 Å². The van der Waals surface area contributed by atoms with E-state index in [0.29, 0.717) is 46.3 Å². The first-order valence-electron chi connectivity index (χ1n) is 11.3. The zero-order valence-electron chi connectivity index (χ0n) is 19.4. The van der Waals surface area contributed by atoms with Crippen LogP contribution in [0.5, 0.6) is 0 Å². The van der Waals surface area contributed by atoms with E-state index in [1.165, 1.54) is 11.0 Å². The molecule has 7 nitrogen and oxygen atoms in total. The Kier molecular flexibility index (Phi) is 3.99. The molecule has 0 aliphatic carbocycles. The smallest absolute Gasteiger partial charge is 0.270 e. The number of aromatic nitrogens is 2. The van der Waals surface area contributed by atoms with Gasteiger partial charge in [0.1, 0.15) is 27.9 Å². The molecule has 156 valence electrons. The van der Waals surface area contributed by atoms with Crippen molar-refractivity contribution in [2.45, 2.75) is 19.0 Å². The number of nitrogens with two attached hydrogens (primary N) is 1. The molecule has 31 heavy (non-hydrogen) atoms. The molecule has 0 spiro atoms. The van der Waals surface area contributed by atoms with E-state index in [1.54, 1.807) is 17.2 Å². The average Bonchev–Trinajstić information content (AvgIpc) is 3.43. The zero-order valence-corrected chi connectivity index (χ0v) is 17.2. The highest BCUT2D eigenvalue weighted by Gasteiger charge is 2.31. The van der Waals surface area contributed by atoms with Crippen LogP contribution >= 0.6 is 11.3 Å². The lowest BCUT2D eigenvalue weighted by molar-refractivity contribution is 0.0984. The van der Waals surface area contributed by atoms with Gasteiger partial charge in [-0.3, -0.25) is 4.79 Å². The molecule has 1 atom stereocenters. The molecule has 5 rings (SSSR count). The summed E-state index contributed by atoms with van der Waals surface area (Å²) in [5.74, 6) is 0.0313. The van der Waals surface area contributed by atoms with Gasteiger partial charge in [-0.15, -0.1) is 11.3 Å². The number of rotatable bonds is 3. The fraction of sp³-hybridized carbons (Fsp3) is 0.273. The topological polar surface area (TPSA) is 99.1 Å². The van der Waals surface area contributed by atoms with Crippen LogP contribution in [0.3, 0.4) is 0 Å². The molecule has 9 heteroatoms. The van der Waals surface area contributed by atoms with Gasteiger partial charge in [0.05, 0.1) is 33.3 Å². The standard InChI is InChI=1S/C22H19FN6OS/c23-14-6-8-28(12-14)19-5-4-13(11-26-19)21-27-17-7-9-29(22(30)20(17)31-21)18-3-1-2-16(25)15(18)10-24/h1-5,11,14H,6-9,12,25H2/t14-/m0/s1/i2T,3T,5T. The van der Waals surface area contributed by atoms with Crippen LogP contribution in [-0.4, -0.2) is 41.7 Å². The van der Waals surface area contributed by atoms with Gasteiger partial charge in [-0.1, -0.05) is 6.07 Å². The van der Waals surface area contributed by atoms with Gasteiger partial charge in [0.15, 0.2) is 0 Å². The molecule has 4 heterocycles. The van der Waals surface area contributed by atoms with Crippen molar-refractivity contribution < 1.29 is 13.3 Å². The molecule has 0 unspecified atom stereocenters. The number of nitrogen functional groups attached to an aromatic ring is 1. The third-order valence-electron chi connectivity index (χ3n) is 5.39. The number of halogens is 1. The number of carbonyl (C=O) groups excluding carboxylic acids is 1. The van der Waals surface area contributed by atoms with Crippen LogP contribution in [0.4, 0.5) is 21.6 Å². The summed E-state index contributed by atoms with van der Waals surface area (Å²) in [5.41, 5.74) is 7.04. The number of amides is 1. The number of nitriles is 1. The van der Waals surface area contributed by atoms with Gasteiger partial charge in [-0.25, -0.2) is 14.4 Å². The predicted molar refractivity (Wildman–Crippen MR) is 118 cm³/mol. The Bertz CT molecular complexity index is 1370. The first-order valence-corrected chi connectivity index (χ1v) is 10.6. The first-order chi connectivity index (χ1) is 16.3. The van der Waals surface area contributed by atoms with E-state index in [0.717, 1.165) is 11.3 Å². The first kappa shape index (κ1) is 16.2. The lowest BCUT2D eigenvalue weighted by Crippen LogP contribution is -2.37. The second-order valence-corrected chi connectivity index (χ2v) is 8.34. The third kappa shape index (κ3) is 3.39. The number of alkyl halides is 1. The fourth-order valence-electron chi connectivity index (χ4n) is 3.79. The van der Waals surface area contributed by atoms with E-state index in [-0.39, 0.29) is 48.2 Å². The molecule has 1 aromatic carbocycles. The average molecular weight is 441 g/mol. The number of carbonyl (C=O) groups is 1. The van der Waals surface area contributed by atoms with Crippen molar-refractivity contribution in [2.24, 2.45) is 0 Å². The molecular formula is C22H19FN6OS. The Morgan fingerprint density at radius 2 is 2.23 bits per heavy atom. The Balaban J connectivity index is 1.47. The van der Waals surface area contributed by atoms with Crippen molar-refractivity contribution in [1.82, 2.24) is 9.97 Å². The van der Waals surface area contributed by atoms with Crippen LogP contribution in [0, 0.1) is 11.3 Å². The summed E-state index contributed by atoms with van der Waals surface area (Å²) in [6, 6.07) is 4.68. The summed E-state index contributed by atoms with van der Waals surface area (Å²) in [4.78, 5) is 25.8. The Morgan fingerprint density at radius 1 is 1.35 bits per heavy atom. The van der Waals surface area contributed by atoms with E-state index in [1.807, 2.05) is 6.07 Å². The van der Waals surface area contributed by atoms with Crippen molar-refractivity contribution in [3.05, 3.63) is 52.6 Å². The highest BCUT2D eigenvalue weighted by atomic mass is 32.1. The van der Waals surface area contributed by atoms with Crippen molar-refractivity contribution in [2.75, 3.05) is 35.2 Å². The van der Waals surface area contributed by atoms with E-state index in [9.17, 15) is 14.4 Å². The minimum atomic E-state index is -0.918. The Labute approximate surface area is 186 Å². The summed E-state index contributed by atoms with van der Waals surface area (Å²) < 4.78 is 38.0. The van der Waals surface area contributed by atoms with E-state index in [2.05, 4.69) is 9.97 Å². The van der Waals surface area contributed by atoms with Gasteiger partial charge in [0.25, 0.3) is 5.91 Å². The van der Waals surface area contributed by atoms with Gasteiger partial charge in [0, 0.05) is 31.3 Å². The SMILES string of the molecule is [3H]c1cc(-c2nc3c(s2)C(=O)N(c2c([3H])cc([3H])c(N)c2C#N)CC3)cnc1N1CC[C@H](F)C1. The molecule has 2 aromatic heterocycles. The number of anilines is 3. The summed E-state index contributed by atoms with van der Waals surface area (Å²) in [7, 11) is 0. The maximum absolute atomic E-state index is 13.6. The lowest BCUT2D eigenvalue weighted by Gasteiger charge is -2.27. The van der Waals surface area contributed by atoms with Gasteiger partial charge in [0.2, 0.25) is 0 Å². The summed E-state index contributed by atoms with van der Waals surface area (Å²) >= 11 is 1.16. The molecule has 1 amide bonds. The Morgan fingerprint density at radius 3 is 2.97 bits per heavy atom. The largest absolute Gasteiger partial charge is 0.398 e. The number of hydrogen-bond acceptors (Lipinski definition) is 7. The van der Waals surface area contributed by atoms with Crippen LogP contribution in [0.2, 0.25) is 0 Å². The van der Waals surface area contributed by atoms with Crippen molar-refractivity contribution in [3.63, 3.8) is 0 Å². The Hall–Kier alpha value is -3.51. The molecule has 2 aliphatic heterocycles. The molecule has 3 aromatic rings. The molecule has 1 saturated heterocycles. The zero-order chi connectivity index (χ0) is 24.1. The monoisotopic (exact) mass is 440 g/mol. The quantitative estimate of drug-likeness (QED) is 0.627. The maximum atomic E-state index is 13.6. The summed E-state index contributed by atoms with van der Waals surface area (Å²) in [6.45, 7) is 0.957. The number of hydrogen-bond donors (Lipinski definition) is 1. The van der Waals surface area contributed by atoms with Crippen molar-refractivity contribution >= 4 is 34.4 Å². The van der Waals surface area contributed by atoms with Gasteiger partial charge >= 0.3 is 0 Å². The van der Waals surface area contributed by atoms with Crippen molar-refractivity contribution in [3.8, 4) is 16.6 Å². The van der Waals surface area contributed by atoms with Crippen molar-refractivity contribution in [1.29, 1.82) is 5.26 Å². The molecule has 2 aliphatic rings. The van der Waals surface area contributed by atoms with Gasteiger partial charge in [-0.05, 0) is 30.6 Å². The highest BCUT2D eigenvalue weighted by Crippen LogP contribution is 2.35. The van der Waals surface area contributed by atoms with E-state index < -0.39 is 12.1 Å². The maximum Gasteiger partial charge on any atom is 0.270 e. The number of fused-ring (bicyclic) bond motifs is 1. The second kappa shape index (κ2) is 7.63. The third-order valence-corrected chi connectivity index (χ3v) is 6.53. The molecule has 0 bridgehead atoms. The normalized spacial score (nSPS) is 19.5. The van der Waals surface area contributed by atoms with Gasteiger partial charge in [-0.2, -0.15) is 5.26 Å². The predicted octanol–water partition coefficient (Wildman–Crippen LogP) is 3.41. The van der Waals surface area contributed by atoms with Gasteiger partial charge < -0.3 is 15.5 Å². The van der Waals surface area contributed by atoms with Crippen LogP contribution in [0.25, 0.3) is 10.6 Å². The minimum absolute atomic E-state index is 0.0601. The fourth-order valence-corrected chi connectivity index (χ4v) is 4.84. The summed E-state index contributed by atoms with van der Waals surface area (Å²) in [6.07, 6.45) is 1.49.